The lowest BCUT2D eigenvalue weighted by molar-refractivity contribution is 0.262. The van der Waals surface area contributed by atoms with E-state index in [0.29, 0.717) is 33.9 Å². The Labute approximate surface area is 210 Å². The molecule has 0 bridgehead atoms. The van der Waals surface area contributed by atoms with Gasteiger partial charge in [0.2, 0.25) is 5.95 Å². The average Bonchev–Trinajstić information content (AvgIpc) is 3.32. The Morgan fingerprint density at radius 1 is 0.800 bits per heavy atom. The van der Waals surface area contributed by atoms with Crippen molar-refractivity contribution in [3.05, 3.63) is 95.5 Å². The number of nitrogens with zero attached hydrogens (tertiary/aromatic N) is 4. The van der Waals surface area contributed by atoms with Gasteiger partial charge in [-0.3, -0.25) is 5.32 Å². The Bertz CT molecular complexity index is 1460. The number of nitrogens with one attached hydrogen (secondary N) is 3. The van der Waals surface area contributed by atoms with Gasteiger partial charge in [0, 0.05) is 11.8 Å². The Balaban J connectivity index is 1.27. The van der Waals surface area contributed by atoms with E-state index in [0.717, 1.165) is 16.1 Å². The number of carbonyl (C=O) groups excluding carboxylic acids is 1. The van der Waals surface area contributed by atoms with Crippen molar-refractivity contribution in [1.29, 1.82) is 0 Å². The van der Waals surface area contributed by atoms with Gasteiger partial charge in [0.25, 0.3) is 0 Å². The summed E-state index contributed by atoms with van der Waals surface area (Å²) in [6.07, 6.45) is 1.65. The first-order valence-corrected chi connectivity index (χ1v) is 11.8. The summed E-state index contributed by atoms with van der Waals surface area (Å²) >= 11 is 7.74. The van der Waals surface area contributed by atoms with Crippen LogP contribution in [0.2, 0.25) is 5.02 Å². The summed E-state index contributed by atoms with van der Waals surface area (Å²) in [5, 5.41) is 19.5. The second-order valence-corrected chi connectivity index (χ2v) is 8.61. The van der Waals surface area contributed by atoms with Gasteiger partial charge in [0.1, 0.15) is 0 Å². The van der Waals surface area contributed by atoms with Gasteiger partial charge in [0.15, 0.2) is 5.82 Å². The third kappa shape index (κ3) is 5.43. The molecule has 0 unspecified atom stereocenters. The lowest BCUT2D eigenvalue weighted by Crippen LogP contribution is -2.21. The summed E-state index contributed by atoms with van der Waals surface area (Å²) in [4.78, 5) is 22.3. The Morgan fingerprint density at radius 3 is 2.34 bits per heavy atom. The zero-order valence-electron chi connectivity index (χ0n) is 18.1. The molecule has 0 atom stereocenters. The van der Waals surface area contributed by atoms with E-state index in [1.54, 1.807) is 30.5 Å². The first-order valence-electron chi connectivity index (χ1n) is 10.6. The zero-order chi connectivity index (χ0) is 24.0. The van der Waals surface area contributed by atoms with Crippen molar-refractivity contribution in [3.63, 3.8) is 0 Å². The first kappa shape index (κ1) is 22.5. The molecule has 3 heterocycles. The summed E-state index contributed by atoms with van der Waals surface area (Å²) < 4.78 is 0. The zero-order valence-corrected chi connectivity index (χ0v) is 19.7. The van der Waals surface area contributed by atoms with E-state index in [9.17, 15) is 4.79 Å². The van der Waals surface area contributed by atoms with E-state index in [4.69, 9.17) is 11.6 Å². The molecule has 0 saturated heterocycles. The highest BCUT2D eigenvalue weighted by atomic mass is 35.5. The van der Waals surface area contributed by atoms with Crippen molar-refractivity contribution >= 4 is 52.1 Å². The maximum absolute atomic E-state index is 12.6. The number of anilines is 4. The average molecular weight is 500 g/mol. The minimum atomic E-state index is -0.457. The highest BCUT2D eigenvalue weighted by molar-refractivity contribution is 7.14. The van der Waals surface area contributed by atoms with Crippen LogP contribution in [0, 0.1) is 0 Å². The topological polar surface area (TPSA) is 105 Å². The predicted octanol–water partition coefficient (Wildman–Crippen LogP) is 6.70. The molecule has 0 aliphatic heterocycles. The second kappa shape index (κ2) is 10.3. The number of urea groups is 1. The number of hydrogen-bond donors (Lipinski definition) is 3. The molecule has 3 N–H and O–H groups in total. The van der Waals surface area contributed by atoms with Gasteiger partial charge in [-0.1, -0.05) is 54.1 Å². The van der Waals surface area contributed by atoms with Gasteiger partial charge < -0.3 is 10.6 Å². The lowest BCUT2D eigenvalue weighted by atomic mass is 10.1. The molecular weight excluding hydrogens is 482 g/mol. The molecule has 35 heavy (non-hydrogen) atoms. The third-order valence-corrected chi connectivity index (χ3v) is 6.27. The largest absolute Gasteiger partial charge is 0.324 e. The number of rotatable bonds is 6. The molecule has 2 amide bonds. The van der Waals surface area contributed by atoms with Crippen LogP contribution < -0.4 is 16.0 Å². The van der Waals surface area contributed by atoms with E-state index in [1.165, 1.54) is 11.3 Å². The van der Waals surface area contributed by atoms with Crippen molar-refractivity contribution in [2.24, 2.45) is 0 Å². The van der Waals surface area contributed by atoms with Crippen molar-refractivity contribution in [2.75, 3.05) is 16.0 Å². The van der Waals surface area contributed by atoms with Crippen LogP contribution in [0.3, 0.4) is 0 Å². The maximum Gasteiger partial charge on any atom is 0.324 e. The van der Waals surface area contributed by atoms with Crippen LogP contribution in [0.25, 0.3) is 21.8 Å². The number of halogens is 1. The molecule has 5 rings (SSSR count). The van der Waals surface area contributed by atoms with E-state index in [2.05, 4.69) is 36.1 Å². The molecule has 0 radical (unpaired) electrons. The summed E-state index contributed by atoms with van der Waals surface area (Å²) in [6, 6.07) is 23.6. The van der Waals surface area contributed by atoms with Gasteiger partial charge in [-0.2, -0.15) is 0 Å². The number of thiophene rings is 1. The van der Waals surface area contributed by atoms with Crippen molar-refractivity contribution in [1.82, 2.24) is 20.2 Å². The lowest BCUT2D eigenvalue weighted by Gasteiger charge is -2.13. The van der Waals surface area contributed by atoms with Crippen LogP contribution >= 0.6 is 22.9 Å². The molecule has 0 fully saturated rings. The van der Waals surface area contributed by atoms with E-state index >= 15 is 0 Å². The van der Waals surface area contributed by atoms with Crippen LogP contribution in [0.4, 0.5) is 27.9 Å². The van der Waals surface area contributed by atoms with Crippen LogP contribution in [0.15, 0.2) is 90.4 Å². The quantitative estimate of drug-likeness (QED) is 0.240. The molecule has 172 valence electrons. The van der Waals surface area contributed by atoms with Crippen molar-refractivity contribution < 1.29 is 4.79 Å². The van der Waals surface area contributed by atoms with Gasteiger partial charge >= 0.3 is 6.03 Å². The molecule has 0 saturated carbocycles. The normalized spacial score (nSPS) is 10.5. The smallest absolute Gasteiger partial charge is 0.322 e. The minimum Gasteiger partial charge on any atom is -0.322 e. The number of para-hydroxylation sites is 2. The van der Waals surface area contributed by atoms with Crippen LogP contribution in [-0.4, -0.2) is 26.2 Å². The van der Waals surface area contributed by atoms with Crippen LogP contribution in [-0.2, 0) is 0 Å². The van der Waals surface area contributed by atoms with Crippen molar-refractivity contribution in [2.45, 2.75) is 0 Å². The van der Waals surface area contributed by atoms with E-state index in [1.807, 2.05) is 60.0 Å². The fraction of sp³-hybridized carbons (Fsp3) is 0. The van der Waals surface area contributed by atoms with Gasteiger partial charge in [0.05, 0.1) is 32.7 Å². The molecule has 8 nitrogen and oxygen atoms in total. The molecule has 5 aromatic rings. The SMILES string of the molecule is O=C(Nc1ccc(-c2ccccc2)nn1)Nc1ccccc1Nc1nccc(-c2sccc2Cl)n1. The molecule has 0 spiro atoms. The third-order valence-electron chi connectivity index (χ3n) is 4.90. The molecular formula is C25H18ClN7OS. The Hall–Kier alpha value is -4.34. The van der Waals surface area contributed by atoms with Gasteiger partial charge in [-0.15, -0.1) is 21.5 Å². The molecule has 0 aliphatic carbocycles. The number of amides is 2. The molecule has 0 aliphatic rings. The van der Waals surface area contributed by atoms with Crippen molar-refractivity contribution in [3.8, 4) is 21.8 Å². The second-order valence-electron chi connectivity index (χ2n) is 7.28. The number of aromatic nitrogens is 4. The molecule has 2 aromatic carbocycles. The number of carbonyl (C=O) groups is 1. The molecule has 3 aromatic heterocycles. The van der Waals surface area contributed by atoms with Gasteiger partial charge in [-0.25, -0.2) is 14.8 Å². The minimum absolute atomic E-state index is 0.330. The van der Waals surface area contributed by atoms with E-state index in [-0.39, 0.29) is 0 Å². The number of benzene rings is 2. The first-order chi connectivity index (χ1) is 17.2. The van der Waals surface area contributed by atoms with E-state index < -0.39 is 6.03 Å². The molecule has 10 heteroatoms. The Kier molecular flexibility index (Phi) is 6.60. The van der Waals surface area contributed by atoms with Crippen LogP contribution in [0.1, 0.15) is 0 Å². The number of hydrogen-bond acceptors (Lipinski definition) is 7. The standard InChI is InChI=1S/C25H18ClN7OS/c26-17-13-15-35-23(17)21-12-14-27-24(29-21)28-19-8-4-5-9-20(19)30-25(34)31-22-11-10-18(32-33-22)16-6-2-1-3-7-16/h1-15H,(H,27,28,29)(H2,30,31,33,34). The highest BCUT2D eigenvalue weighted by Gasteiger charge is 2.11. The van der Waals surface area contributed by atoms with Gasteiger partial charge in [-0.05, 0) is 41.8 Å². The Morgan fingerprint density at radius 2 is 1.60 bits per heavy atom. The highest BCUT2D eigenvalue weighted by Crippen LogP contribution is 2.32. The monoisotopic (exact) mass is 499 g/mol. The summed E-state index contributed by atoms with van der Waals surface area (Å²) in [7, 11) is 0. The maximum atomic E-state index is 12.6. The fourth-order valence-corrected chi connectivity index (χ4v) is 4.40. The predicted molar refractivity (Wildman–Crippen MR) is 140 cm³/mol. The summed E-state index contributed by atoms with van der Waals surface area (Å²) in [5.41, 5.74) is 3.55. The van der Waals surface area contributed by atoms with Crippen LogP contribution in [0.5, 0.6) is 0 Å². The summed E-state index contributed by atoms with van der Waals surface area (Å²) in [5.74, 6) is 0.709. The summed E-state index contributed by atoms with van der Waals surface area (Å²) in [6.45, 7) is 0. The fourth-order valence-electron chi connectivity index (χ4n) is 3.28.